The summed E-state index contributed by atoms with van der Waals surface area (Å²) in [5.41, 5.74) is 0.843. The maximum absolute atomic E-state index is 2.68. The molecule has 1 spiro atoms. The van der Waals surface area contributed by atoms with Crippen molar-refractivity contribution in [3.63, 3.8) is 0 Å². The summed E-state index contributed by atoms with van der Waals surface area (Å²) in [5, 5.41) is 0. The second-order valence-electron chi connectivity index (χ2n) is 13.5. The summed E-state index contributed by atoms with van der Waals surface area (Å²) in [6.07, 6.45) is 18.6. The number of hydrogen-bond acceptors (Lipinski definition) is 0. The molecule has 0 bridgehead atoms. The quantitative estimate of drug-likeness (QED) is 0.359. The van der Waals surface area contributed by atoms with Gasteiger partial charge >= 0.3 is 0 Å². The second kappa shape index (κ2) is 7.85. The van der Waals surface area contributed by atoms with Gasteiger partial charge in [-0.2, -0.15) is 0 Å². The highest BCUT2D eigenvalue weighted by atomic mass is 14.7. The Balaban J connectivity index is 1.11. The lowest BCUT2D eigenvalue weighted by Gasteiger charge is -2.59. The van der Waals surface area contributed by atoms with Gasteiger partial charge in [0.25, 0.3) is 0 Å². The average molecular weight is 399 g/mol. The number of fused-ring (bicyclic) bond motifs is 4. The largest absolute Gasteiger partial charge is 0.0654 e. The van der Waals surface area contributed by atoms with Crippen LogP contribution in [0.3, 0.4) is 0 Å². The summed E-state index contributed by atoms with van der Waals surface area (Å²) in [7, 11) is 0. The lowest BCUT2D eigenvalue weighted by molar-refractivity contribution is -0.0898. The maximum Gasteiger partial charge on any atom is -0.0287 e. The van der Waals surface area contributed by atoms with Gasteiger partial charge in [-0.15, -0.1) is 0 Å². The van der Waals surface area contributed by atoms with E-state index < -0.39 is 0 Å². The van der Waals surface area contributed by atoms with E-state index in [9.17, 15) is 0 Å². The van der Waals surface area contributed by atoms with E-state index in [-0.39, 0.29) is 0 Å². The van der Waals surface area contributed by atoms with Crippen molar-refractivity contribution in [2.24, 2.45) is 70.5 Å². The van der Waals surface area contributed by atoms with Crippen molar-refractivity contribution in [2.75, 3.05) is 0 Å². The molecule has 0 radical (unpaired) electrons. The molecule has 0 heterocycles. The molecule has 166 valence electrons. The van der Waals surface area contributed by atoms with Gasteiger partial charge in [-0.25, -0.2) is 0 Å². The van der Waals surface area contributed by atoms with Gasteiger partial charge < -0.3 is 0 Å². The molecule has 0 nitrogen and oxygen atoms in total. The van der Waals surface area contributed by atoms with Crippen LogP contribution >= 0.6 is 0 Å². The van der Waals surface area contributed by atoms with Crippen molar-refractivity contribution in [3.8, 4) is 0 Å². The Morgan fingerprint density at radius 1 is 0.862 bits per heavy atom. The lowest BCUT2D eigenvalue weighted by Crippen LogP contribution is -2.49. The average Bonchev–Trinajstić information content (AvgIpc) is 3.02. The zero-order chi connectivity index (χ0) is 20.3. The van der Waals surface area contributed by atoms with Crippen molar-refractivity contribution in [1.29, 1.82) is 0 Å². The van der Waals surface area contributed by atoms with Crippen molar-refractivity contribution >= 4 is 0 Å². The van der Waals surface area contributed by atoms with Crippen LogP contribution in [-0.4, -0.2) is 0 Å². The van der Waals surface area contributed by atoms with Crippen molar-refractivity contribution in [3.05, 3.63) is 0 Å². The van der Waals surface area contributed by atoms with Crippen LogP contribution in [0.4, 0.5) is 0 Å². The van der Waals surface area contributed by atoms with E-state index in [2.05, 4.69) is 34.6 Å². The molecule has 0 amide bonds. The van der Waals surface area contributed by atoms with Crippen molar-refractivity contribution < 1.29 is 0 Å². The van der Waals surface area contributed by atoms with E-state index in [0.29, 0.717) is 0 Å². The molecule has 29 heavy (non-hydrogen) atoms. The highest BCUT2D eigenvalue weighted by molar-refractivity contribution is 5.12. The standard InChI is InChI=1S/C29H50/c1-6-7-8-9-10-24-19(4)11-25-27-20(5)22(13-26(27)28(24)25)12-21-14-29(15-21)16-23(17-29)18(2)3/h18-28H,6-17H2,1-5H3. The van der Waals surface area contributed by atoms with Crippen LogP contribution in [0.5, 0.6) is 0 Å². The van der Waals surface area contributed by atoms with E-state index in [0.717, 1.165) is 70.5 Å². The Morgan fingerprint density at radius 2 is 1.59 bits per heavy atom. The fourth-order valence-corrected chi connectivity index (χ4v) is 10.1. The predicted octanol–water partition coefficient (Wildman–Crippen LogP) is 8.60. The molecule has 0 aromatic heterocycles. The van der Waals surface area contributed by atoms with Gasteiger partial charge in [-0.3, -0.25) is 0 Å². The van der Waals surface area contributed by atoms with E-state index in [1.54, 1.807) is 51.4 Å². The Bertz CT molecular complexity index is 561. The van der Waals surface area contributed by atoms with E-state index in [4.69, 9.17) is 0 Å². The molecule has 0 N–H and O–H groups in total. The summed E-state index contributed by atoms with van der Waals surface area (Å²) in [4.78, 5) is 0. The SMILES string of the molecule is CCCCCCC1C(C)CC2C3C(C)C(CC4CC5(C4)CC(C(C)C)C5)CC3C12. The zero-order valence-electron chi connectivity index (χ0n) is 20.3. The lowest BCUT2D eigenvalue weighted by atomic mass is 9.46. The smallest absolute Gasteiger partial charge is 0.0287 e. The Labute approximate surface area is 182 Å². The monoisotopic (exact) mass is 398 g/mol. The van der Waals surface area contributed by atoms with Crippen LogP contribution in [0, 0.1) is 70.5 Å². The van der Waals surface area contributed by atoms with Crippen LogP contribution in [0.25, 0.3) is 0 Å². The molecule has 0 aliphatic heterocycles. The zero-order valence-corrected chi connectivity index (χ0v) is 20.3. The van der Waals surface area contributed by atoms with E-state index >= 15 is 0 Å². The number of hydrogen-bond donors (Lipinski definition) is 0. The first kappa shape index (κ1) is 20.9. The predicted molar refractivity (Wildman–Crippen MR) is 125 cm³/mol. The second-order valence-corrected chi connectivity index (χ2v) is 13.5. The molecular formula is C29H50. The van der Waals surface area contributed by atoms with Gasteiger partial charge in [0.15, 0.2) is 0 Å². The molecule has 5 saturated carbocycles. The molecule has 0 saturated heterocycles. The fraction of sp³-hybridized carbons (Fsp3) is 1.00. The van der Waals surface area contributed by atoms with Crippen LogP contribution < -0.4 is 0 Å². The maximum atomic E-state index is 2.68. The van der Waals surface area contributed by atoms with Gasteiger partial charge in [0.2, 0.25) is 0 Å². The van der Waals surface area contributed by atoms with Crippen LogP contribution in [0.2, 0.25) is 0 Å². The first-order chi connectivity index (χ1) is 13.9. The van der Waals surface area contributed by atoms with Gasteiger partial charge in [0, 0.05) is 0 Å². The third-order valence-electron chi connectivity index (χ3n) is 11.6. The van der Waals surface area contributed by atoms with Crippen molar-refractivity contribution in [2.45, 2.75) is 112 Å². The van der Waals surface area contributed by atoms with Gasteiger partial charge in [-0.1, -0.05) is 60.3 Å². The minimum Gasteiger partial charge on any atom is -0.0654 e. The summed E-state index contributed by atoms with van der Waals surface area (Å²) >= 11 is 0. The molecule has 0 aromatic carbocycles. The minimum atomic E-state index is 0.843. The van der Waals surface area contributed by atoms with Crippen LogP contribution in [-0.2, 0) is 0 Å². The Kier molecular flexibility index (Phi) is 5.65. The molecule has 0 heteroatoms. The minimum absolute atomic E-state index is 0.843. The summed E-state index contributed by atoms with van der Waals surface area (Å²) in [6.45, 7) is 12.5. The van der Waals surface area contributed by atoms with E-state index in [1.165, 1.54) is 25.7 Å². The molecule has 8 unspecified atom stereocenters. The molecule has 5 aliphatic rings. The van der Waals surface area contributed by atoms with Crippen LogP contribution in [0.15, 0.2) is 0 Å². The Hall–Kier alpha value is 0. The summed E-state index contributed by atoms with van der Waals surface area (Å²) in [5.74, 6) is 11.9. The normalized spacial score (nSPS) is 52.8. The molecule has 5 aliphatic carbocycles. The first-order valence-corrected chi connectivity index (χ1v) is 13.9. The third kappa shape index (κ3) is 3.46. The number of rotatable bonds is 8. The first-order valence-electron chi connectivity index (χ1n) is 13.9. The van der Waals surface area contributed by atoms with Gasteiger partial charge in [0.1, 0.15) is 0 Å². The number of unbranched alkanes of at least 4 members (excludes halogenated alkanes) is 3. The highest BCUT2D eigenvalue weighted by Crippen LogP contribution is 2.70. The third-order valence-corrected chi connectivity index (χ3v) is 11.6. The summed E-state index contributed by atoms with van der Waals surface area (Å²) in [6, 6.07) is 0. The van der Waals surface area contributed by atoms with Gasteiger partial charge in [0.05, 0.1) is 0 Å². The summed E-state index contributed by atoms with van der Waals surface area (Å²) < 4.78 is 0. The molecule has 0 aromatic rings. The van der Waals surface area contributed by atoms with Gasteiger partial charge in [-0.05, 0) is 122 Å². The van der Waals surface area contributed by atoms with E-state index in [1.807, 2.05) is 0 Å². The van der Waals surface area contributed by atoms with Crippen LogP contribution in [0.1, 0.15) is 112 Å². The topological polar surface area (TPSA) is 0 Å². The fourth-order valence-electron chi connectivity index (χ4n) is 10.1. The Morgan fingerprint density at radius 3 is 2.28 bits per heavy atom. The molecule has 8 atom stereocenters. The highest BCUT2D eigenvalue weighted by Gasteiger charge is 2.64. The molecule has 5 fully saturated rings. The molecule has 5 rings (SSSR count). The molecular weight excluding hydrogens is 348 g/mol. The van der Waals surface area contributed by atoms with Crippen molar-refractivity contribution in [1.82, 2.24) is 0 Å².